The number of amides is 1. The van der Waals surface area contributed by atoms with Crippen molar-refractivity contribution in [3.8, 4) is 0 Å². The number of aryl methyl sites for hydroxylation is 2. The third-order valence-electron chi connectivity index (χ3n) is 5.85. The highest BCUT2D eigenvalue weighted by atomic mass is 16.6. The first-order valence-corrected chi connectivity index (χ1v) is 11.4. The van der Waals surface area contributed by atoms with Crippen LogP contribution in [0.2, 0.25) is 0 Å². The van der Waals surface area contributed by atoms with Crippen molar-refractivity contribution in [2.45, 2.75) is 70.9 Å². The molecule has 3 heterocycles. The number of hydrogen-bond donors (Lipinski definition) is 3. The third kappa shape index (κ3) is 7.38. The van der Waals surface area contributed by atoms with Crippen molar-refractivity contribution in [1.82, 2.24) is 15.2 Å². The highest BCUT2D eigenvalue weighted by Crippen LogP contribution is 2.24. The molecule has 1 saturated heterocycles. The zero-order chi connectivity index (χ0) is 22.4. The molecule has 31 heavy (non-hydrogen) atoms. The molecule has 1 unspecified atom stereocenters. The molecule has 2 atom stereocenters. The zero-order valence-electron chi connectivity index (χ0n) is 18.9. The van der Waals surface area contributed by atoms with Crippen LogP contribution < -0.4 is 10.6 Å². The number of nitrogens with one attached hydrogen (secondary N) is 2. The number of hydrogen-bond acceptors (Lipinski definition) is 6. The Morgan fingerprint density at radius 2 is 2.19 bits per heavy atom. The first kappa shape index (κ1) is 23.3. The van der Waals surface area contributed by atoms with Crippen LogP contribution in [0.4, 0.5) is 10.6 Å². The van der Waals surface area contributed by atoms with E-state index in [1.165, 1.54) is 12.0 Å². The molecule has 1 aromatic heterocycles. The molecule has 172 valence electrons. The lowest BCUT2D eigenvalue weighted by Gasteiger charge is -2.23. The highest BCUT2D eigenvalue weighted by molar-refractivity contribution is 5.80. The maximum atomic E-state index is 11.9. The first-order valence-electron chi connectivity index (χ1n) is 11.4. The van der Waals surface area contributed by atoms with Crippen LogP contribution in [0.25, 0.3) is 0 Å². The fourth-order valence-corrected chi connectivity index (χ4v) is 4.23. The van der Waals surface area contributed by atoms with Gasteiger partial charge < -0.3 is 25.4 Å². The monoisotopic (exact) mass is 432 g/mol. The normalized spacial score (nSPS) is 19.9. The summed E-state index contributed by atoms with van der Waals surface area (Å²) >= 11 is 0. The molecule has 0 bridgehead atoms. The van der Waals surface area contributed by atoms with Crippen LogP contribution >= 0.6 is 0 Å². The Labute approximate surface area is 184 Å². The van der Waals surface area contributed by atoms with Crippen molar-refractivity contribution in [1.29, 1.82) is 0 Å². The Kier molecular flexibility index (Phi) is 7.75. The van der Waals surface area contributed by atoms with Gasteiger partial charge in [-0.2, -0.15) is 0 Å². The number of carbonyl (C=O) groups is 2. The minimum Gasteiger partial charge on any atom is -0.480 e. The Morgan fingerprint density at radius 1 is 1.39 bits per heavy atom. The lowest BCUT2D eigenvalue weighted by molar-refractivity contribution is -0.139. The van der Waals surface area contributed by atoms with E-state index in [1.54, 1.807) is 20.8 Å². The molecular weight excluding hydrogens is 396 g/mol. The van der Waals surface area contributed by atoms with E-state index in [2.05, 4.69) is 27.7 Å². The van der Waals surface area contributed by atoms with E-state index in [1.807, 2.05) is 0 Å². The van der Waals surface area contributed by atoms with Gasteiger partial charge >= 0.3 is 12.1 Å². The van der Waals surface area contributed by atoms with Crippen LogP contribution in [-0.4, -0.2) is 64.9 Å². The molecule has 0 spiro atoms. The van der Waals surface area contributed by atoms with Gasteiger partial charge in [0.2, 0.25) is 0 Å². The van der Waals surface area contributed by atoms with E-state index in [0.29, 0.717) is 18.9 Å². The Bertz CT molecular complexity index is 777. The van der Waals surface area contributed by atoms with Gasteiger partial charge in [0.25, 0.3) is 0 Å². The minimum atomic E-state index is -1.03. The van der Waals surface area contributed by atoms with Gasteiger partial charge in [-0.3, -0.25) is 0 Å². The quantitative estimate of drug-likeness (QED) is 0.580. The molecule has 0 aliphatic carbocycles. The van der Waals surface area contributed by atoms with Gasteiger partial charge in [0, 0.05) is 25.3 Å². The first-order chi connectivity index (χ1) is 14.7. The summed E-state index contributed by atoms with van der Waals surface area (Å²) in [5, 5.41) is 15.3. The van der Waals surface area contributed by atoms with Crippen LogP contribution in [0.1, 0.15) is 57.7 Å². The Morgan fingerprint density at radius 3 is 2.94 bits per heavy atom. The van der Waals surface area contributed by atoms with Crippen LogP contribution in [-0.2, 0) is 22.4 Å². The number of nitrogens with zero attached hydrogens (tertiary/aromatic N) is 2. The fourth-order valence-electron chi connectivity index (χ4n) is 4.23. The van der Waals surface area contributed by atoms with Gasteiger partial charge in [-0.25, -0.2) is 14.6 Å². The van der Waals surface area contributed by atoms with Crippen molar-refractivity contribution in [3.63, 3.8) is 0 Å². The molecule has 1 amide bonds. The van der Waals surface area contributed by atoms with E-state index >= 15 is 0 Å². The molecule has 3 rings (SSSR count). The number of pyridine rings is 1. The number of aromatic nitrogens is 1. The summed E-state index contributed by atoms with van der Waals surface area (Å²) in [6.45, 7) is 8.82. The molecule has 1 fully saturated rings. The molecule has 8 nitrogen and oxygen atoms in total. The topological polar surface area (TPSA) is 104 Å². The number of carbonyl (C=O) groups excluding carboxylic acids is 1. The van der Waals surface area contributed by atoms with Gasteiger partial charge in [0.1, 0.15) is 17.5 Å². The second-order valence-corrected chi connectivity index (χ2v) is 9.66. The third-order valence-corrected chi connectivity index (χ3v) is 5.85. The van der Waals surface area contributed by atoms with Gasteiger partial charge in [-0.1, -0.05) is 6.07 Å². The van der Waals surface area contributed by atoms with Gasteiger partial charge in [0.05, 0.1) is 0 Å². The number of rotatable bonds is 8. The van der Waals surface area contributed by atoms with Gasteiger partial charge in [-0.15, -0.1) is 0 Å². The van der Waals surface area contributed by atoms with Crippen molar-refractivity contribution in [3.05, 3.63) is 23.4 Å². The maximum Gasteiger partial charge on any atom is 0.408 e. The summed E-state index contributed by atoms with van der Waals surface area (Å²) in [6.07, 6.45) is 5.10. The number of likely N-dealkylation sites (tertiary alicyclic amines) is 1. The van der Waals surface area contributed by atoms with E-state index in [-0.39, 0.29) is 0 Å². The van der Waals surface area contributed by atoms with Crippen molar-refractivity contribution < 1.29 is 19.4 Å². The van der Waals surface area contributed by atoms with Crippen molar-refractivity contribution in [2.24, 2.45) is 5.92 Å². The second-order valence-electron chi connectivity index (χ2n) is 9.66. The van der Waals surface area contributed by atoms with Gasteiger partial charge in [-0.05, 0) is 83.4 Å². The fraction of sp³-hybridized carbons (Fsp3) is 0.696. The molecule has 8 heteroatoms. The number of ether oxygens (including phenoxy) is 1. The maximum absolute atomic E-state index is 11.9. The average Bonchev–Trinajstić information content (AvgIpc) is 3.15. The minimum absolute atomic E-state index is 0.360. The Balaban J connectivity index is 1.41. The summed E-state index contributed by atoms with van der Waals surface area (Å²) in [5.74, 6) is 0.607. The smallest absolute Gasteiger partial charge is 0.408 e. The number of aliphatic carboxylic acids is 1. The van der Waals surface area contributed by atoms with Crippen LogP contribution in [0.5, 0.6) is 0 Å². The summed E-state index contributed by atoms with van der Waals surface area (Å²) in [6, 6.07) is 3.41. The second kappa shape index (κ2) is 10.3. The molecule has 0 aromatic carbocycles. The standard InChI is InChI=1S/C23H36N4O4/c1-23(2,3)31-22(30)26-19(21(28)29)11-14-27-13-10-16(15-27)6-8-18-9-7-17-5-4-12-24-20(17)25-18/h7,9,16,19H,4-6,8,10-15H2,1-3H3,(H,24,25)(H,26,30)(H,28,29)/t16-,19?/m1/s1. The lowest BCUT2D eigenvalue weighted by atomic mass is 10.00. The van der Waals surface area contributed by atoms with Crippen molar-refractivity contribution >= 4 is 17.9 Å². The largest absolute Gasteiger partial charge is 0.480 e. The summed E-state index contributed by atoms with van der Waals surface area (Å²) in [7, 11) is 0. The number of alkyl carbamates (subject to hydrolysis) is 1. The molecule has 2 aliphatic rings. The molecule has 3 N–H and O–H groups in total. The zero-order valence-corrected chi connectivity index (χ0v) is 18.9. The Hall–Kier alpha value is -2.35. The van der Waals surface area contributed by atoms with Crippen molar-refractivity contribution in [2.75, 3.05) is 31.5 Å². The summed E-state index contributed by atoms with van der Waals surface area (Å²) in [5.41, 5.74) is 1.80. The van der Waals surface area contributed by atoms with Gasteiger partial charge in [0.15, 0.2) is 0 Å². The predicted molar refractivity (Wildman–Crippen MR) is 119 cm³/mol. The van der Waals surface area contributed by atoms with Crippen LogP contribution in [0, 0.1) is 5.92 Å². The lowest BCUT2D eigenvalue weighted by Crippen LogP contribution is -2.45. The van der Waals surface area contributed by atoms with E-state index in [9.17, 15) is 14.7 Å². The molecule has 2 aliphatic heterocycles. The molecule has 0 saturated carbocycles. The number of carboxylic acids is 1. The van der Waals surface area contributed by atoms with Crippen LogP contribution in [0.3, 0.4) is 0 Å². The summed E-state index contributed by atoms with van der Waals surface area (Å²) in [4.78, 5) is 30.5. The molecule has 1 aromatic rings. The predicted octanol–water partition coefficient (Wildman–Crippen LogP) is 3.06. The average molecular weight is 433 g/mol. The highest BCUT2D eigenvalue weighted by Gasteiger charge is 2.27. The summed E-state index contributed by atoms with van der Waals surface area (Å²) < 4.78 is 5.18. The van der Waals surface area contributed by atoms with E-state index in [0.717, 1.165) is 56.8 Å². The number of fused-ring (bicyclic) bond motifs is 1. The van der Waals surface area contributed by atoms with Crippen LogP contribution in [0.15, 0.2) is 12.1 Å². The number of carboxylic acid groups (broad SMARTS) is 1. The SMILES string of the molecule is CC(C)(C)OC(=O)NC(CCN1CC[C@@H](CCc2ccc3c(n2)NCCC3)C1)C(=O)O. The molecular formula is C23H36N4O4. The number of anilines is 1. The van der Waals surface area contributed by atoms with E-state index < -0.39 is 23.7 Å². The molecule has 0 radical (unpaired) electrons. The van der Waals surface area contributed by atoms with E-state index in [4.69, 9.17) is 9.72 Å².